The molecule has 1 heterocycles. The topological polar surface area (TPSA) is 101 Å². The van der Waals surface area contributed by atoms with Gasteiger partial charge in [0.1, 0.15) is 21.8 Å². The Kier molecular flexibility index (Phi) is 7.83. The highest BCUT2D eigenvalue weighted by molar-refractivity contribution is 7.89. The van der Waals surface area contributed by atoms with Crippen LogP contribution in [0.15, 0.2) is 59.5 Å². The third-order valence-corrected chi connectivity index (χ3v) is 6.87. The molecule has 10 heteroatoms. The van der Waals surface area contributed by atoms with Crippen LogP contribution in [-0.2, 0) is 27.7 Å². The van der Waals surface area contributed by atoms with E-state index in [1.807, 2.05) is 6.07 Å². The van der Waals surface area contributed by atoms with Gasteiger partial charge in [-0.05, 0) is 30.5 Å². The summed E-state index contributed by atoms with van der Waals surface area (Å²) in [6.07, 6.45) is 2.82. The van der Waals surface area contributed by atoms with Gasteiger partial charge in [0.15, 0.2) is 0 Å². The Morgan fingerprint density at radius 3 is 2.52 bits per heavy atom. The number of anilines is 1. The summed E-state index contributed by atoms with van der Waals surface area (Å²) in [6, 6.07) is 12.8. The van der Waals surface area contributed by atoms with E-state index in [2.05, 4.69) is 27.2 Å². The molecule has 1 atom stereocenters. The highest BCUT2D eigenvalue weighted by Crippen LogP contribution is 2.19. The maximum Gasteiger partial charge on any atom is 0.244 e. The van der Waals surface area contributed by atoms with Gasteiger partial charge in [0.05, 0.1) is 0 Å². The highest BCUT2D eigenvalue weighted by Gasteiger charge is 2.28. The quantitative estimate of drug-likeness (QED) is 0.480. The average Bonchev–Trinajstić information content (AvgIpc) is 3.19. The monoisotopic (exact) mass is 462 g/mol. The lowest BCUT2D eigenvalue weighted by Crippen LogP contribution is -2.45. The van der Waals surface area contributed by atoms with Crippen molar-refractivity contribution in [1.82, 2.24) is 14.9 Å². The van der Waals surface area contributed by atoms with Crippen molar-refractivity contribution in [2.75, 3.05) is 5.32 Å². The standard InChI is InChI=1S/C21H23FN4O3S2/c1-2-3-13-19-24-25-21(30-19)23-20(27)17(14-15-9-5-4-6-10-15)26-31(28,29)18-12-8-7-11-16(18)22/h4-12,17,26H,2-3,13-14H2,1H3,(H,23,25,27)/t17-/m1/s1. The third kappa shape index (κ3) is 6.39. The fourth-order valence-electron chi connectivity index (χ4n) is 2.88. The van der Waals surface area contributed by atoms with Crippen LogP contribution in [0.5, 0.6) is 0 Å². The summed E-state index contributed by atoms with van der Waals surface area (Å²) in [7, 11) is -4.27. The molecule has 0 saturated heterocycles. The summed E-state index contributed by atoms with van der Waals surface area (Å²) in [6.45, 7) is 2.07. The Hall–Kier alpha value is -2.69. The van der Waals surface area contributed by atoms with Gasteiger partial charge in [-0.3, -0.25) is 10.1 Å². The van der Waals surface area contributed by atoms with Crippen molar-refractivity contribution in [3.63, 3.8) is 0 Å². The van der Waals surface area contributed by atoms with Crippen LogP contribution in [0.1, 0.15) is 30.3 Å². The van der Waals surface area contributed by atoms with Gasteiger partial charge in [-0.15, -0.1) is 10.2 Å². The van der Waals surface area contributed by atoms with Crippen LogP contribution in [0.2, 0.25) is 0 Å². The lowest BCUT2D eigenvalue weighted by atomic mass is 10.1. The minimum atomic E-state index is -4.27. The molecule has 0 bridgehead atoms. The van der Waals surface area contributed by atoms with Crippen molar-refractivity contribution in [2.45, 2.75) is 43.5 Å². The summed E-state index contributed by atoms with van der Waals surface area (Å²) in [5.74, 6) is -1.49. The molecule has 2 aromatic carbocycles. The normalized spacial score (nSPS) is 12.5. The second-order valence-corrected chi connectivity index (χ2v) is 9.63. The summed E-state index contributed by atoms with van der Waals surface area (Å²) < 4.78 is 42.0. The molecule has 0 radical (unpaired) electrons. The number of rotatable bonds is 10. The van der Waals surface area contributed by atoms with E-state index in [1.54, 1.807) is 24.3 Å². The van der Waals surface area contributed by atoms with Crippen LogP contribution in [0.25, 0.3) is 0 Å². The molecule has 0 aliphatic rings. The van der Waals surface area contributed by atoms with Gasteiger partial charge < -0.3 is 0 Å². The molecule has 0 aliphatic carbocycles. The SMILES string of the molecule is CCCCc1nnc(NC(=O)[C@@H](Cc2ccccc2)NS(=O)(=O)c2ccccc2F)s1. The fraction of sp³-hybridized carbons (Fsp3) is 0.286. The molecule has 0 unspecified atom stereocenters. The second kappa shape index (κ2) is 10.6. The smallest absolute Gasteiger partial charge is 0.244 e. The molecule has 0 aliphatic heterocycles. The number of carbonyl (C=O) groups excluding carboxylic acids is 1. The van der Waals surface area contributed by atoms with Crippen LogP contribution < -0.4 is 10.0 Å². The van der Waals surface area contributed by atoms with Crippen molar-refractivity contribution in [2.24, 2.45) is 0 Å². The third-order valence-electron chi connectivity index (χ3n) is 4.46. The average molecular weight is 463 g/mol. The Balaban J connectivity index is 1.81. The van der Waals surface area contributed by atoms with E-state index in [-0.39, 0.29) is 6.42 Å². The summed E-state index contributed by atoms with van der Waals surface area (Å²) >= 11 is 1.25. The Morgan fingerprint density at radius 2 is 1.81 bits per heavy atom. The number of benzene rings is 2. The first-order valence-electron chi connectivity index (χ1n) is 9.83. The summed E-state index contributed by atoms with van der Waals surface area (Å²) in [5.41, 5.74) is 0.750. The number of sulfonamides is 1. The minimum absolute atomic E-state index is 0.0852. The lowest BCUT2D eigenvalue weighted by molar-refractivity contribution is -0.117. The molecule has 1 amide bonds. The summed E-state index contributed by atoms with van der Waals surface area (Å²) in [4.78, 5) is 12.4. The first-order valence-corrected chi connectivity index (χ1v) is 12.1. The number of halogens is 1. The van der Waals surface area contributed by atoms with Crippen molar-refractivity contribution >= 4 is 32.4 Å². The number of hydrogen-bond donors (Lipinski definition) is 2. The molecule has 0 fully saturated rings. The van der Waals surface area contributed by atoms with E-state index < -0.39 is 32.7 Å². The lowest BCUT2D eigenvalue weighted by Gasteiger charge is -2.18. The molecule has 3 rings (SSSR count). The van der Waals surface area contributed by atoms with E-state index in [1.165, 1.54) is 23.5 Å². The zero-order chi connectivity index (χ0) is 22.3. The molecule has 7 nitrogen and oxygen atoms in total. The predicted molar refractivity (Wildman–Crippen MR) is 118 cm³/mol. The predicted octanol–water partition coefficient (Wildman–Crippen LogP) is 3.55. The molecule has 31 heavy (non-hydrogen) atoms. The number of amides is 1. The van der Waals surface area contributed by atoms with Crippen molar-refractivity contribution in [1.29, 1.82) is 0 Å². The fourth-order valence-corrected chi connectivity index (χ4v) is 4.94. The van der Waals surface area contributed by atoms with Gasteiger partial charge in [0, 0.05) is 6.42 Å². The van der Waals surface area contributed by atoms with Gasteiger partial charge in [0.25, 0.3) is 0 Å². The number of aryl methyl sites for hydroxylation is 1. The molecular formula is C21H23FN4O3S2. The van der Waals surface area contributed by atoms with E-state index in [0.29, 0.717) is 5.13 Å². The summed E-state index contributed by atoms with van der Waals surface area (Å²) in [5, 5.41) is 11.7. The van der Waals surface area contributed by atoms with Crippen molar-refractivity contribution in [3.05, 3.63) is 71.0 Å². The molecule has 2 N–H and O–H groups in total. The Labute approximate surface area is 184 Å². The minimum Gasteiger partial charge on any atom is -0.299 e. The first-order chi connectivity index (χ1) is 14.9. The molecule has 3 aromatic rings. The van der Waals surface area contributed by atoms with E-state index in [4.69, 9.17) is 0 Å². The van der Waals surface area contributed by atoms with Gasteiger partial charge in [-0.1, -0.05) is 67.1 Å². The number of carbonyl (C=O) groups is 1. The van der Waals surface area contributed by atoms with Crippen LogP contribution in [0, 0.1) is 5.82 Å². The zero-order valence-electron chi connectivity index (χ0n) is 16.9. The maximum absolute atomic E-state index is 14.1. The molecule has 164 valence electrons. The van der Waals surface area contributed by atoms with Gasteiger partial charge in [-0.25, -0.2) is 12.8 Å². The van der Waals surface area contributed by atoms with Crippen molar-refractivity contribution in [3.8, 4) is 0 Å². The van der Waals surface area contributed by atoms with Crippen LogP contribution >= 0.6 is 11.3 Å². The van der Waals surface area contributed by atoms with Gasteiger partial charge >= 0.3 is 0 Å². The molecular weight excluding hydrogens is 439 g/mol. The molecule has 1 aromatic heterocycles. The molecule has 0 spiro atoms. The Morgan fingerprint density at radius 1 is 1.10 bits per heavy atom. The van der Waals surface area contributed by atoms with E-state index >= 15 is 0 Å². The largest absolute Gasteiger partial charge is 0.299 e. The van der Waals surface area contributed by atoms with Gasteiger partial charge in [-0.2, -0.15) is 4.72 Å². The molecule has 0 saturated carbocycles. The number of nitrogens with one attached hydrogen (secondary N) is 2. The van der Waals surface area contributed by atoms with Crippen molar-refractivity contribution < 1.29 is 17.6 Å². The zero-order valence-corrected chi connectivity index (χ0v) is 18.5. The number of aromatic nitrogens is 2. The van der Waals surface area contributed by atoms with Gasteiger partial charge in [0.2, 0.25) is 21.1 Å². The maximum atomic E-state index is 14.1. The van der Waals surface area contributed by atoms with Crippen LogP contribution in [-0.4, -0.2) is 30.6 Å². The number of hydrogen-bond acceptors (Lipinski definition) is 6. The van der Waals surface area contributed by atoms with E-state index in [9.17, 15) is 17.6 Å². The van der Waals surface area contributed by atoms with Crippen LogP contribution in [0.4, 0.5) is 9.52 Å². The number of nitrogens with zero attached hydrogens (tertiary/aromatic N) is 2. The highest BCUT2D eigenvalue weighted by atomic mass is 32.2. The van der Waals surface area contributed by atoms with Crippen LogP contribution in [0.3, 0.4) is 0 Å². The van der Waals surface area contributed by atoms with E-state index in [0.717, 1.165) is 42.0 Å². The first kappa shape index (κ1) is 23.0. The Bertz CT molecular complexity index is 1120. The second-order valence-electron chi connectivity index (χ2n) is 6.89. The number of unbranched alkanes of at least 4 members (excludes halogenated alkanes) is 1.